The molecular formula is C28H28F4N4O5. The van der Waals surface area contributed by atoms with E-state index in [1.54, 1.807) is 43.5 Å². The summed E-state index contributed by atoms with van der Waals surface area (Å²) in [5.74, 6) is -2.47. The van der Waals surface area contributed by atoms with Crippen LogP contribution < -0.4 is 15.0 Å². The Bertz CT molecular complexity index is 1340. The third-order valence-electron chi connectivity index (χ3n) is 5.95. The van der Waals surface area contributed by atoms with Crippen molar-refractivity contribution in [2.24, 2.45) is 4.99 Å². The lowest BCUT2D eigenvalue weighted by molar-refractivity contribution is -0.192. The van der Waals surface area contributed by atoms with E-state index in [0.29, 0.717) is 12.5 Å². The van der Waals surface area contributed by atoms with Crippen LogP contribution in [0.15, 0.2) is 77.8 Å². The molecule has 0 aromatic heterocycles. The van der Waals surface area contributed by atoms with Crippen molar-refractivity contribution in [2.45, 2.75) is 12.7 Å². The van der Waals surface area contributed by atoms with Gasteiger partial charge in [-0.25, -0.2) is 19.0 Å². The van der Waals surface area contributed by atoms with E-state index in [1.165, 1.54) is 12.1 Å². The van der Waals surface area contributed by atoms with Gasteiger partial charge < -0.3 is 30.1 Å². The second-order valence-electron chi connectivity index (χ2n) is 8.75. The maximum atomic E-state index is 13.3. The summed E-state index contributed by atoms with van der Waals surface area (Å²) >= 11 is 0. The normalized spacial score (nSPS) is 13.6. The van der Waals surface area contributed by atoms with Gasteiger partial charge in [-0.1, -0.05) is 12.1 Å². The minimum atomic E-state index is -5.08. The van der Waals surface area contributed by atoms with Gasteiger partial charge in [0.25, 0.3) is 0 Å². The molecule has 1 heterocycles. The Morgan fingerprint density at radius 2 is 1.56 bits per heavy atom. The molecule has 3 N–H and O–H groups in total. The molecule has 3 aromatic carbocycles. The Kier molecular flexibility index (Phi) is 10.5. The summed E-state index contributed by atoms with van der Waals surface area (Å²) in [5, 5.41) is 19.6. The Morgan fingerprint density at radius 1 is 0.951 bits per heavy atom. The van der Waals surface area contributed by atoms with E-state index in [2.05, 4.69) is 15.1 Å². The fourth-order valence-electron chi connectivity index (χ4n) is 3.81. The second-order valence-corrected chi connectivity index (χ2v) is 8.75. The number of nitrogens with one attached hydrogen (secondary N) is 1. The number of carboxylic acids is 2. The molecule has 1 aliphatic rings. The average Bonchev–Trinajstić information content (AvgIpc) is 2.96. The highest BCUT2D eigenvalue weighted by atomic mass is 19.4. The largest absolute Gasteiger partial charge is 0.497 e. The van der Waals surface area contributed by atoms with Gasteiger partial charge in [0, 0.05) is 37.6 Å². The van der Waals surface area contributed by atoms with Crippen molar-refractivity contribution >= 4 is 29.3 Å². The number of guanidine groups is 1. The zero-order valence-corrected chi connectivity index (χ0v) is 21.9. The number of benzene rings is 3. The van der Waals surface area contributed by atoms with Crippen LogP contribution in [-0.2, 0) is 11.3 Å². The fraction of sp³-hybridized carbons (Fsp3) is 0.250. The number of alkyl halides is 3. The molecule has 1 fully saturated rings. The van der Waals surface area contributed by atoms with Gasteiger partial charge in [-0.3, -0.25) is 0 Å². The van der Waals surface area contributed by atoms with Gasteiger partial charge in [-0.2, -0.15) is 13.2 Å². The van der Waals surface area contributed by atoms with Crippen molar-refractivity contribution in [2.75, 3.05) is 43.5 Å². The van der Waals surface area contributed by atoms with Crippen LogP contribution in [0.4, 0.5) is 28.9 Å². The summed E-state index contributed by atoms with van der Waals surface area (Å²) in [6, 6.07) is 20.9. The number of anilines is 2. The molecule has 0 atom stereocenters. The molecule has 9 nitrogen and oxygen atoms in total. The third-order valence-corrected chi connectivity index (χ3v) is 5.95. The van der Waals surface area contributed by atoms with Crippen LogP contribution >= 0.6 is 0 Å². The second kappa shape index (κ2) is 14.0. The monoisotopic (exact) mass is 576 g/mol. The van der Waals surface area contributed by atoms with E-state index in [9.17, 15) is 22.4 Å². The first-order valence-corrected chi connectivity index (χ1v) is 12.3. The molecule has 0 unspecified atom stereocenters. The smallest absolute Gasteiger partial charge is 0.490 e. The van der Waals surface area contributed by atoms with Gasteiger partial charge in [0.15, 0.2) is 5.96 Å². The molecule has 0 saturated carbocycles. The van der Waals surface area contributed by atoms with Crippen molar-refractivity contribution < 1.29 is 42.1 Å². The molecule has 1 aliphatic heterocycles. The molecule has 1 saturated heterocycles. The quantitative estimate of drug-likeness (QED) is 0.215. The summed E-state index contributed by atoms with van der Waals surface area (Å²) in [7, 11) is 1.64. The number of halogens is 4. The number of methoxy groups -OCH3 is 1. The van der Waals surface area contributed by atoms with Crippen molar-refractivity contribution in [1.82, 2.24) is 4.90 Å². The topological polar surface area (TPSA) is 115 Å². The lowest BCUT2D eigenvalue weighted by Gasteiger charge is -2.37. The SMILES string of the molecule is COc1cccc(CN=C(Nc2ccc(C(=O)O)cc2)N2CCN(c3ccc(F)cc3)CC2)c1.O=C(O)C(F)(F)F. The van der Waals surface area contributed by atoms with Gasteiger partial charge in [-0.05, 0) is 66.2 Å². The predicted molar refractivity (Wildman–Crippen MR) is 145 cm³/mol. The van der Waals surface area contributed by atoms with Gasteiger partial charge in [-0.15, -0.1) is 0 Å². The number of carbonyl (C=O) groups is 2. The highest BCUT2D eigenvalue weighted by Gasteiger charge is 2.38. The first kappa shape index (κ1) is 30.7. The van der Waals surface area contributed by atoms with E-state index in [-0.39, 0.29) is 11.4 Å². The molecule has 0 aliphatic carbocycles. The number of carboxylic acid groups (broad SMARTS) is 2. The first-order valence-electron chi connectivity index (χ1n) is 12.3. The molecule has 3 aromatic rings. The molecular weight excluding hydrogens is 548 g/mol. The minimum absolute atomic E-state index is 0.230. The lowest BCUT2D eigenvalue weighted by atomic mass is 10.2. The first-order chi connectivity index (χ1) is 19.5. The lowest BCUT2D eigenvalue weighted by Crippen LogP contribution is -2.50. The molecule has 4 rings (SSSR count). The summed E-state index contributed by atoms with van der Waals surface area (Å²) in [6.07, 6.45) is -5.08. The number of piperazine rings is 1. The van der Waals surface area contributed by atoms with E-state index in [0.717, 1.165) is 48.9 Å². The van der Waals surface area contributed by atoms with Crippen molar-refractivity contribution in [3.63, 3.8) is 0 Å². The van der Waals surface area contributed by atoms with Crippen LogP contribution in [0.25, 0.3) is 0 Å². The number of aromatic carboxylic acids is 1. The van der Waals surface area contributed by atoms with Gasteiger partial charge >= 0.3 is 18.1 Å². The average molecular weight is 577 g/mol. The highest BCUT2D eigenvalue weighted by Crippen LogP contribution is 2.19. The molecule has 13 heteroatoms. The molecule has 0 bridgehead atoms. The minimum Gasteiger partial charge on any atom is -0.497 e. The van der Waals surface area contributed by atoms with Crippen molar-refractivity contribution in [3.05, 3.63) is 89.7 Å². The predicted octanol–water partition coefficient (Wildman–Crippen LogP) is 4.96. The Balaban J connectivity index is 0.000000587. The van der Waals surface area contributed by atoms with E-state index in [4.69, 9.17) is 24.7 Å². The molecule has 0 spiro atoms. The zero-order valence-electron chi connectivity index (χ0n) is 21.9. The molecule has 0 amide bonds. The highest BCUT2D eigenvalue weighted by molar-refractivity contribution is 5.95. The Labute approximate surface area is 233 Å². The Morgan fingerprint density at radius 3 is 2.10 bits per heavy atom. The fourth-order valence-corrected chi connectivity index (χ4v) is 3.81. The van der Waals surface area contributed by atoms with Crippen LogP contribution in [0.3, 0.4) is 0 Å². The standard InChI is InChI=1S/C26H27FN4O3.C2HF3O2/c1-34-24-4-2-3-19(17-24)18-28-26(29-22-9-5-20(6-10-22)25(32)33)31-15-13-30(14-16-31)23-11-7-21(27)8-12-23;3-2(4,5)1(6)7/h2-12,17H,13-16,18H2,1H3,(H,28,29)(H,32,33);(H,6,7). The molecule has 0 radical (unpaired) electrons. The summed E-state index contributed by atoms with van der Waals surface area (Å²) in [6.45, 7) is 3.46. The number of hydrogen-bond donors (Lipinski definition) is 3. The number of aliphatic carboxylic acids is 1. The number of rotatable bonds is 6. The van der Waals surface area contributed by atoms with Crippen LogP contribution in [0.1, 0.15) is 15.9 Å². The van der Waals surface area contributed by atoms with Crippen LogP contribution in [-0.4, -0.2) is 72.5 Å². The molecule has 41 heavy (non-hydrogen) atoms. The van der Waals surface area contributed by atoms with Crippen LogP contribution in [0.2, 0.25) is 0 Å². The maximum Gasteiger partial charge on any atom is 0.490 e. The Hall–Kier alpha value is -4.81. The van der Waals surface area contributed by atoms with Crippen molar-refractivity contribution in [1.29, 1.82) is 0 Å². The van der Waals surface area contributed by atoms with Gasteiger partial charge in [0.2, 0.25) is 0 Å². The zero-order chi connectivity index (χ0) is 30.0. The summed E-state index contributed by atoms with van der Waals surface area (Å²) in [5.41, 5.74) is 3.00. The van der Waals surface area contributed by atoms with Crippen LogP contribution in [0, 0.1) is 5.82 Å². The number of hydrogen-bond acceptors (Lipinski definition) is 5. The number of ether oxygens (including phenoxy) is 1. The number of nitrogens with zero attached hydrogens (tertiary/aromatic N) is 3. The molecule has 218 valence electrons. The van der Waals surface area contributed by atoms with E-state index in [1.807, 2.05) is 24.3 Å². The third kappa shape index (κ3) is 9.41. The van der Waals surface area contributed by atoms with E-state index >= 15 is 0 Å². The maximum absolute atomic E-state index is 13.3. The van der Waals surface area contributed by atoms with E-state index < -0.39 is 18.1 Å². The van der Waals surface area contributed by atoms with Gasteiger partial charge in [0.1, 0.15) is 11.6 Å². The number of aliphatic imine (C=N–C) groups is 1. The summed E-state index contributed by atoms with van der Waals surface area (Å²) < 4.78 is 50.3. The van der Waals surface area contributed by atoms with Crippen molar-refractivity contribution in [3.8, 4) is 5.75 Å². The van der Waals surface area contributed by atoms with Crippen LogP contribution in [0.5, 0.6) is 5.75 Å². The van der Waals surface area contributed by atoms with Gasteiger partial charge in [0.05, 0.1) is 19.2 Å². The summed E-state index contributed by atoms with van der Waals surface area (Å²) in [4.78, 5) is 29.3.